The zero-order valence-corrected chi connectivity index (χ0v) is 22.5. The van der Waals surface area contributed by atoms with Crippen LogP contribution in [0.15, 0.2) is 157 Å². The molecule has 6 rings (SSSR count). The maximum Gasteiger partial charge on any atom is 2.00 e. The van der Waals surface area contributed by atoms with Crippen molar-refractivity contribution in [2.45, 2.75) is 24.7 Å². The van der Waals surface area contributed by atoms with Gasteiger partial charge in [-0.05, 0) is 22.3 Å². The summed E-state index contributed by atoms with van der Waals surface area (Å²) in [6.07, 6.45) is 17.5. The van der Waals surface area contributed by atoms with Gasteiger partial charge in [0.25, 0.3) is 0 Å². The quantitative estimate of drug-likeness (QED) is 0.178. The van der Waals surface area contributed by atoms with Gasteiger partial charge in [0.1, 0.15) is 0 Å². The van der Waals surface area contributed by atoms with Crippen LogP contribution >= 0.6 is 0 Å². The molecular formula is C36H32Ti-2. The summed E-state index contributed by atoms with van der Waals surface area (Å²) in [6, 6.07) is 42.6. The van der Waals surface area contributed by atoms with E-state index in [4.69, 9.17) is 0 Å². The van der Waals surface area contributed by atoms with Crippen LogP contribution in [0.1, 0.15) is 49.8 Å². The third kappa shape index (κ3) is 6.86. The van der Waals surface area contributed by atoms with E-state index in [0.717, 1.165) is 12.8 Å². The van der Waals surface area contributed by atoms with Gasteiger partial charge in [-0.15, -0.1) is 12.8 Å². The molecule has 4 aromatic carbocycles. The van der Waals surface area contributed by atoms with Gasteiger partial charge in [-0.25, -0.2) is 23.3 Å². The second-order valence-corrected chi connectivity index (χ2v) is 8.99. The van der Waals surface area contributed by atoms with E-state index in [0.29, 0.717) is 11.8 Å². The monoisotopic (exact) mass is 512 g/mol. The Labute approximate surface area is 239 Å². The van der Waals surface area contributed by atoms with Crippen molar-refractivity contribution >= 4 is 0 Å². The molecular weight excluding hydrogens is 480 g/mol. The van der Waals surface area contributed by atoms with Crippen LogP contribution < -0.4 is 0 Å². The molecule has 0 bridgehead atoms. The first-order chi connectivity index (χ1) is 17.9. The van der Waals surface area contributed by atoms with Crippen molar-refractivity contribution in [1.82, 2.24) is 0 Å². The van der Waals surface area contributed by atoms with E-state index in [1.54, 1.807) is 0 Å². The van der Waals surface area contributed by atoms with Gasteiger partial charge in [0.2, 0.25) is 0 Å². The largest absolute Gasteiger partial charge is 2.00 e. The summed E-state index contributed by atoms with van der Waals surface area (Å²) in [6.45, 7) is 0. The fourth-order valence-electron chi connectivity index (χ4n) is 4.92. The molecule has 2 aliphatic rings. The van der Waals surface area contributed by atoms with Crippen molar-refractivity contribution in [3.63, 3.8) is 0 Å². The molecule has 0 fully saturated rings. The van der Waals surface area contributed by atoms with E-state index in [9.17, 15) is 0 Å². The van der Waals surface area contributed by atoms with Crippen molar-refractivity contribution in [1.29, 1.82) is 0 Å². The van der Waals surface area contributed by atoms with Gasteiger partial charge in [0.05, 0.1) is 0 Å². The first-order valence-corrected chi connectivity index (χ1v) is 12.6. The van der Waals surface area contributed by atoms with Gasteiger partial charge in [0.15, 0.2) is 0 Å². The molecule has 37 heavy (non-hydrogen) atoms. The molecule has 1 heteroatoms. The van der Waals surface area contributed by atoms with Crippen LogP contribution in [0.5, 0.6) is 0 Å². The van der Waals surface area contributed by atoms with E-state index in [1.807, 2.05) is 0 Å². The summed E-state index contributed by atoms with van der Waals surface area (Å²) in [7, 11) is 0. The van der Waals surface area contributed by atoms with Gasteiger partial charge in [0, 0.05) is 11.8 Å². The molecule has 0 nitrogen and oxygen atoms in total. The Bertz CT molecular complexity index is 1170. The fraction of sp³-hybridized carbons (Fsp3) is 0.111. The smallest absolute Gasteiger partial charge is 1.00 e. The van der Waals surface area contributed by atoms with Crippen molar-refractivity contribution in [3.05, 3.63) is 191 Å². The van der Waals surface area contributed by atoms with Crippen molar-refractivity contribution in [3.8, 4) is 0 Å². The molecule has 0 N–H and O–H groups in total. The van der Waals surface area contributed by atoms with Crippen molar-refractivity contribution < 1.29 is 24.6 Å². The van der Waals surface area contributed by atoms with Gasteiger partial charge in [-0.3, -0.25) is 12.2 Å². The molecule has 182 valence electrons. The zero-order chi connectivity index (χ0) is 24.4. The Hall–Kier alpha value is -3.45. The summed E-state index contributed by atoms with van der Waals surface area (Å²) >= 11 is 0. The van der Waals surface area contributed by atoms with Crippen LogP contribution in [0, 0.1) is 12.2 Å². The third-order valence-electron chi connectivity index (χ3n) is 6.60. The van der Waals surface area contributed by atoms with Crippen molar-refractivity contribution in [2.75, 3.05) is 0 Å². The fourth-order valence-corrected chi connectivity index (χ4v) is 4.92. The van der Waals surface area contributed by atoms with Crippen molar-refractivity contribution in [2.24, 2.45) is 0 Å². The van der Waals surface area contributed by atoms with E-state index >= 15 is 0 Å². The molecule has 2 aliphatic carbocycles. The molecule has 0 heterocycles. The average Bonchev–Trinajstić information content (AvgIpc) is 3.68. The Kier molecular flexibility index (Phi) is 9.89. The molecule has 0 radical (unpaired) electrons. The second kappa shape index (κ2) is 13.7. The molecule has 0 atom stereocenters. The predicted molar refractivity (Wildman–Crippen MR) is 153 cm³/mol. The zero-order valence-electron chi connectivity index (χ0n) is 22.9. The van der Waals surface area contributed by atoms with Crippen LogP contribution in [0.2, 0.25) is 0 Å². The predicted octanol–water partition coefficient (Wildman–Crippen LogP) is 9.24. The molecule has 0 saturated heterocycles. The van der Waals surface area contributed by atoms with E-state index in [2.05, 4.69) is 158 Å². The Morgan fingerprint density at radius 2 is 0.703 bits per heavy atom. The minimum absolute atomic E-state index is 0. The molecule has 0 spiro atoms. The maximum absolute atomic E-state index is 3.46. The second-order valence-electron chi connectivity index (χ2n) is 8.99. The standard InChI is InChI=1S/2C18H15.Ti.2H/c2*1-3-9-15(10-4-1)18(17-13-7-8-14-17)16-11-5-2-6-12-16;;;/h2*1-7,9-13,18H,8H2;;;/q2*-1;+2;2*-1. The topological polar surface area (TPSA) is 0 Å². The molecule has 0 unspecified atom stereocenters. The van der Waals surface area contributed by atoms with Crippen LogP contribution in [0.3, 0.4) is 0 Å². The van der Waals surface area contributed by atoms with Gasteiger partial charge in [-0.2, -0.15) is 12.2 Å². The Morgan fingerprint density at radius 1 is 0.432 bits per heavy atom. The molecule has 0 amide bonds. The van der Waals surface area contributed by atoms with Gasteiger partial charge in [-0.1, -0.05) is 121 Å². The SMILES string of the molecule is [C-]1=C(C(c2ccccc2)c2ccccc2)C=CC1.[C-]1=C(C(c2ccccc2)c2ccccc2)C=CC1.[H-].[H-].[Ti+2]. The van der Waals surface area contributed by atoms with Gasteiger partial charge >= 0.3 is 21.7 Å². The van der Waals surface area contributed by atoms with Gasteiger partial charge < -0.3 is 2.85 Å². The number of benzene rings is 4. The Morgan fingerprint density at radius 3 is 0.919 bits per heavy atom. The summed E-state index contributed by atoms with van der Waals surface area (Å²) in [5, 5.41) is 0. The van der Waals surface area contributed by atoms with Crippen LogP contribution in [0.4, 0.5) is 0 Å². The molecule has 0 aliphatic heterocycles. The van der Waals surface area contributed by atoms with Crippen LogP contribution in [0.25, 0.3) is 0 Å². The average molecular weight is 513 g/mol. The molecule has 4 aromatic rings. The summed E-state index contributed by atoms with van der Waals surface area (Å²) in [5.74, 6) is 0.622. The molecule has 0 saturated carbocycles. The minimum atomic E-state index is 0. The van der Waals surface area contributed by atoms with E-state index in [1.165, 1.54) is 33.4 Å². The number of hydrogen-bond acceptors (Lipinski definition) is 0. The first kappa shape index (κ1) is 26.6. The number of allylic oxidation sites excluding steroid dienone is 8. The number of hydrogen-bond donors (Lipinski definition) is 0. The maximum atomic E-state index is 3.46. The summed E-state index contributed by atoms with van der Waals surface area (Å²) in [5.41, 5.74) is 7.89. The number of rotatable bonds is 6. The minimum Gasteiger partial charge on any atom is -1.00 e. The molecule has 0 aromatic heterocycles. The first-order valence-electron chi connectivity index (χ1n) is 12.6. The van der Waals surface area contributed by atoms with E-state index < -0.39 is 0 Å². The summed E-state index contributed by atoms with van der Waals surface area (Å²) in [4.78, 5) is 0. The van der Waals surface area contributed by atoms with E-state index in [-0.39, 0.29) is 24.6 Å². The third-order valence-corrected chi connectivity index (χ3v) is 6.60. The summed E-state index contributed by atoms with van der Waals surface area (Å²) < 4.78 is 0. The Balaban J connectivity index is 0.000000254. The normalized spacial score (nSPS) is 13.6. The van der Waals surface area contributed by atoms with Crippen LogP contribution in [-0.2, 0) is 21.7 Å². The van der Waals surface area contributed by atoms with Crippen LogP contribution in [-0.4, -0.2) is 0 Å².